The molecule has 0 fully saturated rings. The van der Waals surface area contributed by atoms with Crippen LogP contribution in [0, 0.1) is 6.92 Å². The lowest BCUT2D eigenvalue weighted by molar-refractivity contribution is 0.0933. The van der Waals surface area contributed by atoms with E-state index in [0.29, 0.717) is 5.69 Å². The van der Waals surface area contributed by atoms with E-state index in [1.54, 1.807) is 0 Å². The maximum Gasteiger partial charge on any atom is 0.272 e. The van der Waals surface area contributed by atoms with Crippen molar-refractivity contribution in [3.63, 3.8) is 0 Å². The van der Waals surface area contributed by atoms with E-state index in [0.717, 1.165) is 29.9 Å². The van der Waals surface area contributed by atoms with Crippen LogP contribution in [0.3, 0.4) is 0 Å². The molecule has 1 aromatic heterocycles. The van der Waals surface area contributed by atoms with Crippen molar-refractivity contribution in [1.82, 2.24) is 15.3 Å². The molecular weight excluding hydrogens is 298 g/mol. The van der Waals surface area contributed by atoms with E-state index >= 15 is 0 Å². The highest BCUT2D eigenvalue weighted by Crippen LogP contribution is 2.22. The fourth-order valence-corrected chi connectivity index (χ4v) is 3.33. The number of hydrogen-bond donors (Lipinski definition) is 2. The summed E-state index contributed by atoms with van der Waals surface area (Å²) in [4.78, 5) is 20.3. The lowest BCUT2D eigenvalue weighted by Crippen LogP contribution is -2.35. The predicted molar refractivity (Wildman–Crippen MR) is 93.9 cm³/mol. The quantitative estimate of drug-likeness (QED) is 0.779. The highest BCUT2D eigenvalue weighted by molar-refractivity contribution is 5.94. The molecule has 2 aromatic carbocycles. The number of hydrogen-bond acceptors (Lipinski definition) is 2. The largest absolute Gasteiger partial charge is 0.347 e. The minimum absolute atomic E-state index is 0.108. The number of aryl methyl sites for hydroxylation is 1. The van der Waals surface area contributed by atoms with Gasteiger partial charge in [0.05, 0.1) is 0 Å². The topological polar surface area (TPSA) is 57.8 Å². The molecule has 1 amide bonds. The van der Waals surface area contributed by atoms with Gasteiger partial charge in [0.15, 0.2) is 0 Å². The fraction of sp³-hybridized carbons (Fsp3) is 0.200. The number of imidazole rings is 1. The lowest BCUT2D eigenvalue weighted by atomic mass is 10.1. The van der Waals surface area contributed by atoms with Gasteiger partial charge in [0.25, 0.3) is 5.91 Å². The van der Waals surface area contributed by atoms with Crippen LogP contribution in [0.1, 0.15) is 27.3 Å². The molecule has 3 aromatic rings. The molecule has 1 heterocycles. The number of amides is 1. The summed E-state index contributed by atoms with van der Waals surface area (Å²) in [6.07, 6.45) is 1.77. The summed E-state index contributed by atoms with van der Waals surface area (Å²) in [6, 6.07) is 18.4. The lowest BCUT2D eigenvalue weighted by Gasteiger charge is -2.11. The summed E-state index contributed by atoms with van der Waals surface area (Å²) in [7, 11) is 0. The number of benzene rings is 2. The third-order valence-corrected chi connectivity index (χ3v) is 4.53. The number of H-pyrrole nitrogens is 1. The van der Waals surface area contributed by atoms with Crippen LogP contribution in [0.2, 0.25) is 0 Å². The van der Waals surface area contributed by atoms with Crippen LogP contribution in [0.15, 0.2) is 54.6 Å². The number of aromatic nitrogens is 2. The summed E-state index contributed by atoms with van der Waals surface area (Å²) >= 11 is 0. The molecule has 1 aliphatic rings. The van der Waals surface area contributed by atoms with Crippen molar-refractivity contribution in [2.24, 2.45) is 0 Å². The number of nitrogens with zero attached hydrogens (tertiary/aromatic N) is 1. The van der Waals surface area contributed by atoms with Crippen LogP contribution in [0.4, 0.5) is 0 Å². The van der Waals surface area contributed by atoms with Crippen molar-refractivity contribution < 1.29 is 4.79 Å². The molecule has 4 nitrogen and oxygen atoms in total. The van der Waals surface area contributed by atoms with Gasteiger partial charge in [0.1, 0.15) is 11.5 Å². The Hall–Kier alpha value is -2.88. The summed E-state index contributed by atoms with van der Waals surface area (Å²) in [5.74, 6) is 0.622. The van der Waals surface area contributed by atoms with Crippen molar-refractivity contribution >= 4 is 5.91 Å². The van der Waals surface area contributed by atoms with E-state index in [1.807, 2.05) is 49.4 Å². The van der Waals surface area contributed by atoms with Crippen LogP contribution in [-0.4, -0.2) is 21.9 Å². The first-order valence-electron chi connectivity index (χ1n) is 8.20. The van der Waals surface area contributed by atoms with E-state index in [1.165, 1.54) is 11.1 Å². The SMILES string of the molecule is Cc1[nH]c(-c2ccccc2)nc1C(=O)NC1Cc2ccccc2C1. The van der Waals surface area contributed by atoms with Gasteiger partial charge in [-0.1, -0.05) is 54.6 Å². The first-order valence-corrected chi connectivity index (χ1v) is 8.20. The molecule has 4 rings (SSSR count). The Bertz CT molecular complexity index is 858. The molecule has 0 bridgehead atoms. The highest BCUT2D eigenvalue weighted by atomic mass is 16.2. The molecule has 0 atom stereocenters. The number of carbonyl (C=O) groups excluding carboxylic acids is 1. The Morgan fingerprint density at radius 3 is 2.33 bits per heavy atom. The maximum atomic E-state index is 12.6. The zero-order valence-corrected chi connectivity index (χ0v) is 13.5. The molecule has 2 N–H and O–H groups in total. The smallest absolute Gasteiger partial charge is 0.272 e. The molecule has 4 heteroatoms. The standard InChI is InChI=1S/C20H19N3O/c1-13-18(23-19(21-13)14-7-3-2-4-8-14)20(24)22-17-11-15-9-5-6-10-16(15)12-17/h2-10,17H,11-12H2,1H3,(H,21,23)(H,22,24). The number of aromatic amines is 1. The van der Waals surface area contributed by atoms with Crippen LogP contribution >= 0.6 is 0 Å². The fourth-order valence-electron chi connectivity index (χ4n) is 3.33. The van der Waals surface area contributed by atoms with Gasteiger partial charge in [-0.25, -0.2) is 4.98 Å². The van der Waals surface area contributed by atoms with Crippen molar-refractivity contribution in [3.8, 4) is 11.4 Å². The average molecular weight is 317 g/mol. The van der Waals surface area contributed by atoms with Gasteiger partial charge in [-0.3, -0.25) is 4.79 Å². The van der Waals surface area contributed by atoms with Crippen molar-refractivity contribution in [2.75, 3.05) is 0 Å². The van der Waals surface area contributed by atoms with Gasteiger partial charge in [0.2, 0.25) is 0 Å². The molecule has 0 spiro atoms. The average Bonchev–Trinajstić information content (AvgIpc) is 3.18. The van der Waals surface area contributed by atoms with E-state index in [2.05, 4.69) is 27.4 Å². The van der Waals surface area contributed by atoms with Gasteiger partial charge in [-0.15, -0.1) is 0 Å². The van der Waals surface area contributed by atoms with E-state index < -0.39 is 0 Å². The normalized spacial score (nSPS) is 13.7. The summed E-state index contributed by atoms with van der Waals surface area (Å²) < 4.78 is 0. The third kappa shape index (κ3) is 2.71. The van der Waals surface area contributed by atoms with E-state index in [4.69, 9.17) is 0 Å². The van der Waals surface area contributed by atoms with Gasteiger partial charge in [-0.2, -0.15) is 0 Å². The zero-order chi connectivity index (χ0) is 16.5. The molecule has 0 unspecified atom stereocenters. The molecule has 0 radical (unpaired) electrons. The minimum atomic E-state index is -0.108. The molecular formula is C20H19N3O. The van der Waals surface area contributed by atoms with Gasteiger partial charge >= 0.3 is 0 Å². The van der Waals surface area contributed by atoms with Crippen molar-refractivity contribution in [3.05, 3.63) is 77.1 Å². The molecule has 0 saturated heterocycles. The summed E-state index contributed by atoms with van der Waals surface area (Å²) in [5.41, 5.74) is 4.90. The Morgan fingerprint density at radius 1 is 1.04 bits per heavy atom. The Labute approximate surface area is 141 Å². The molecule has 1 aliphatic carbocycles. The molecule has 120 valence electrons. The number of nitrogens with one attached hydrogen (secondary N) is 2. The first-order chi connectivity index (χ1) is 11.7. The Kier molecular flexibility index (Phi) is 3.65. The minimum Gasteiger partial charge on any atom is -0.347 e. The second kappa shape index (κ2) is 5.96. The second-order valence-electron chi connectivity index (χ2n) is 6.27. The number of rotatable bonds is 3. The van der Waals surface area contributed by atoms with Gasteiger partial charge in [0, 0.05) is 17.3 Å². The maximum absolute atomic E-state index is 12.6. The molecule has 0 saturated carbocycles. The van der Waals surface area contributed by atoms with Gasteiger partial charge < -0.3 is 10.3 Å². The molecule has 24 heavy (non-hydrogen) atoms. The van der Waals surface area contributed by atoms with Gasteiger partial charge in [-0.05, 0) is 30.9 Å². The van der Waals surface area contributed by atoms with Crippen LogP contribution in [0.25, 0.3) is 11.4 Å². The zero-order valence-electron chi connectivity index (χ0n) is 13.5. The van der Waals surface area contributed by atoms with E-state index in [9.17, 15) is 4.79 Å². The third-order valence-electron chi connectivity index (χ3n) is 4.53. The summed E-state index contributed by atoms with van der Waals surface area (Å²) in [6.45, 7) is 1.89. The first kappa shape index (κ1) is 14.7. The van der Waals surface area contributed by atoms with Crippen molar-refractivity contribution in [1.29, 1.82) is 0 Å². The number of fused-ring (bicyclic) bond motifs is 1. The Morgan fingerprint density at radius 2 is 1.67 bits per heavy atom. The number of carbonyl (C=O) groups is 1. The second-order valence-corrected chi connectivity index (χ2v) is 6.27. The Balaban J connectivity index is 1.51. The summed E-state index contributed by atoms with van der Waals surface area (Å²) in [5, 5.41) is 3.13. The van der Waals surface area contributed by atoms with Crippen molar-refractivity contribution in [2.45, 2.75) is 25.8 Å². The predicted octanol–water partition coefficient (Wildman–Crippen LogP) is 3.28. The molecule has 0 aliphatic heterocycles. The van der Waals surface area contributed by atoms with Crippen LogP contribution in [0.5, 0.6) is 0 Å². The van der Waals surface area contributed by atoms with Crippen LogP contribution in [-0.2, 0) is 12.8 Å². The van der Waals surface area contributed by atoms with E-state index in [-0.39, 0.29) is 11.9 Å². The van der Waals surface area contributed by atoms with Crippen LogP contribution < -0.4 is 5.32 Å². The monoisotopic (exact) mass is 317 g/mol. The highest BCUT2D eigenvalue weighted by Gasteiger charge is 2.24.